The fourth-order valence-corrected chi connectivity index (χ4v) is 16.1. The lowest BCUT2D eigenvalue weighted by Gasteiger charge is -2.45. The maximum absolute atomic E-state index is 13.6. The van der Waals surface area contributed by atoms with Crippen LogP contribution in [0.5, 0.6) is 34.5 Å². The van der Waals surface area contributed by atoms with Crippen molar-refractivity contribution in [1.82, 2.24) is 31.9 Å². The molecular formula is C90H126N6O22Si. The topological polar surface area (TPSA) is 322 Å². The van der Waals surface area contributed by atoms with Crippen LogP contribution in [-0.2, 0) is 61.4 Å². The van der Waals surface area contributed by atoms with Crippen molar-refractivity contribution in [3.05, 3.63) is 208 Å². The van der Waals surface area contributed by atoms with Crippen LogP contribution < -0.4 is 70.7 Å². The van der Waals surface area contributed by atoms with Gasteiger partial charge in [0, 0.05) is 80.8 Å². The molecule has 6 N–H and O–H groups in total. The number of benzene rings is 5. The molecule has 0 saturated carbocycles. The van der Waals surface area contributed by atoms with Gasteiger partial charge in [0.25, 0.3) is 26.0 Å². The second-order valence-corrected chi connectivity index (χ2v) is 32.4. The number of carbonyl (C=O) groups excluding carboxylic acids is 6. The van der Waals surface area contributed by atoms with E-state index in [-0.39, 0.29) is 163 Å². The highest BCUT2D eigenvalue weighted by molar-refractivity contribution is 6.99. The Morgan fingerprint density at radius 1 is 0.303 bits per heavy atom. The van der Waals surface area contributed by atoms with Gasteiger partial charge in [0.2, 0.25) is 17.7 Å². The van der Waals surface area contributed by atoms with E-state index in [0.29, 0.717) is 129 Å². The van der Waals surface area contributed by atoms with Crippen LogP contribution in [0.4, 0.5) is 0 Å². The first kappa shape index (κ1) is 99.5. The molecule has 5 aromatic rings. The van der Waals surface area contributed by atoms with Crippen LogP contribution in [0.3, 0.4) is 0 Å². The minimum Gasteiger partial charge on any atom is -0.493 e. The minimum absolute atomic E-state index is 0.0785. The normalized spacial score (nSPS) is 11.3. The maximum atomic E-state index is 13.6. The van der Waals surface area contributed by atoms with Gasteiger partial charge in [-0.25, -0.2) is 0 Å². The van der Waals surface area contributed by atoms with E-state index in [1.807, 2.05) is 36.4 Å². The van der Waals surface area contributed by atoms with Crippen LogP contribution in [0.25, 0.3) is 0 Å². The average molecular weight is 1670 g/mol. The zero-order valence-corrected chi connectivity index (χ0v) is 70.8. The summed E-state index contributed by atoms with van der Waals surface area (Å²) >= 11 is 0. The lowest BCUT2D eigenvalue weighted by atomic mass is 9.92. The summed E-state index contributed by atoms with van der Waals surface area (Å²) < 4.78 is 95.7. The van der Waals surface area contributed by atoms with Gasteiger partial charge in [-0.1, -0.05) is 118 Å². The number of amides is 6. The first-order valence-corrected chi connectivity index (χ1v) is 42.3. The van der Waals surface area contributed by atoms with E-state index in [9.17, 15) is 28.8 Å². The number of rotatable bonds is 71. The summed E-state index contributed by atoms with van der Waals surface area (Å²) in [6.07, 6.45) is 14.3. The molecule has 652 valence electrons. The molecule has 28 nitrogen and oxygen atoms in total. The fraction of sp³-hybridized carbons (Fsp3) is 0.467. The molecule has 0 unspecified atom stereocenters. The summed E-state index contributed by atoms with van der Waals surface area (Å²) in [7, 11) is -3.31. The van der Waals surface area contributed by atoms with Crippen molar-refractivity contribution in [2.75, 3.05) is 204 Å². The Morgan fingerprint density at radius 2 is 0.538 bits per heavy atom. The van der Waals surface area contributed by atoms with E-state index in [2.05, 4.69) is 116 Å². The van der Waals surface area contributed by atoms with Crippen LogP contribution in [0, 0.1) is 5.41 Å². The van der Waals surface area contributed by atoms with Crippen LogP contribution in [0.1, 0.15) is 90.4 Å². The molecular weight excluding hydrogens is 1550 g/mol. The van der Waals surface area contributed by atoms with Gasteiger partial charge in [0.05, 0.1) is 144 Å². The molecule has 0 saturated heterocycles. The van der Waals surface area contributed by atoms with Crippen molar-refractivity contribution in [2.24, 2.45) is 5.41 Å². The Hall–Kier alpha value is -10.0. The predicted octanol–water partition coefficient (Wildman–Crippen LogP) is 9.07. The molecule has 0 aliphatic carbocycles. The quantitative estimate of drug-likeness (QED) is 0.0120. The molecule has 0 radical (unpaired) electrons. The number of nitrogens with one attached hydrogen (secondary N) is 6. The molecule has 0 aromatic heterocycles. The lowest BCUT2D eigenvalue weighted by Crippen LogP contribution is -2.67. The van der Waals surface area contributed by atoms with Crippen molar-refractivity contribution >= 4 is 54.1 Å². The molecule has 0 spiro atoms. The SMILES string of the molecule is C=CCCOc1cc(OCCC=C)cc(C(=O)NCCOCCOCCNC(=O)COCC(COCC(=O)NCCOCCOCCNC(=O)c2cc(OCCC=C)cc(OCCC=C)c2)(COCC(=O)NCCOCCOCCNC(=O)c2cc(OCCC=C)cc(OCCC=C)c2)CO[Si](c2ccccc2)(c2ccccc2)C(C)(C)C)c1. The van der Waals surface area contributed by atoms with Crippen molar-refractivity contribution < 1.29 is 104 Å². The van der Waals surface area contributed by atoms with Gasteiger partial charge in [0.15, 0.2) is 0 Å². The Morgan fingerprint density at radius 3 is 0.765 bits per heavy atom. The van der Waals surface area contributed by atoms with Gasteiger partial charge in [-0.2, -0.15) is 0 Å². The fourth-order valence-electron chi connectivity index (χ4n) is 11.4. The molecule has 5 rings (SSSR count). The molecule has 0 atom stereocenters. The number of hydrogen-bond acceptors (Lipinski definition) is 22. The van der Waals surface area contributed by atoms with Crippen LogP contribution in [0.15, 0.2) is 191 Å². The third-order valence-electron chi connectivity index (χ3n) is 17.3. The maximum Gasteiger partial charge on any atom is 0.261 e. The molecule has 119 heavy (non-hydrogen) atoms. The predicted molar refractivity (Wildman–Crippen MR) is 461 cm³/mol. The summed E-state index contributed by atoms with van der Waals surface area (Å²) in [6, 6.07) is 35.1. The first-order valence-electron chi connectivity index (χ1n) is 40.4. The van der Waals surface area contributed by atoms with Crippen LogP contribution in [-0.4, -0.2) is 248 Å². The van der Waals surface area contributed by atoms with Crippen molar-refractivity contribution in [3.63, 3.8) is 0 Å². The standard InChI is InChI=1S/C90H126N6O22Si/c1-10-16-38-112-75-56-72(57-76(62-75)113-39-17-11-2)86(100)94-35-47-106-53-50-103-44-32-91-83(97)65-109-68-90(71-118-119(89(7,8)9,81-28-24-22-25-29-81)82-30-26-23-27-31-82,69-110-66-84(98)92-33-45-104-51-54-107-48-36-95-87(101)73-58-77(114-40-18-12-3)63-78(59-73)115-41-19-13-4)70-111-67-85(99)93-34-46-105-52-55-108-49-37-96-88(102)74-60-79(116-42-20-14-5)64-80(61-74)117-43-21-15-6/h10-15,22-31,56-64H,1-6,16-21,32-55,65-71H2,7-9H3,(H,91,97)(H,92,98)(H,93,99)(H,94,100)(H,95,101)(H,96,102). The molecule has 29 heteroatoms. The molecule has 0 bridgehead atoms. The molecule has 6 amide bonds. The Kier molecular flexibility index (Phi) is 50.6. The highest BCUT2D eigenvalue weighted by Crippen LogP contribution is 2.39. The highest BCUT2D eigenvalue weighted by atomic mass is 28.4. The van der Waals surface area contributed by atoms with E-state index in [1.54, 1.807) is 91.1 Å². The number of hydrogen-bond donors (Lipinski definition) is 6. The number of ether oxygens (including phenoxy) is 15. The van der Waals surface area contributed by atoms with Crippen LogP contribution >= 0.6 is 0 Å². The second-order valence-electron chi connectivity index (χ2n) is 28.1. The second kappa shape index (κ2) is 60.4. The largest absolute Gasteiger partial charge is 0.493 e. The van der Waals surface area contributed by atoms with Gasteiger partial charge in [-0.05, 0) is 90.3 Å². The number of carbonyl (C=O) groups is 6. The van der Waals surface area contributed by atoms with E-state index < -0.39 is 56.3 Å². The van der Waals surface area contributed by atoms with E-state index >= 15 is 0 Å². The molecule has 0 aliphatic rings. The van der Waals surface area contributed by atoms with Gasteiger partial charge in [-0.3, -0.25) is 28.8 Å². The summed E-state index contributed by atoms with van der Waals surface area (Å²) in [4.78, 5) is 80.1. The van der Waals surface area contributed by atoms with Crippen molar-refractivity contribution in [3.8, 4) is 34.5 Å². The molecule has 0 heterocycles. The van der Waals surface area contributed by atoms with E-state index in [1.165, 1.54) is 0 Å². The average Bonchev–Trinajstić information content (AvgIpc) is 0.743. The van der Waals surface area contributed by atoms with Gasteiger partial charge < -0.3 is 107 Å². The summed E-state index contributed by atoms with van der Waals surface area (Å²) in [5.74, 6) is 0.693. The zero-order chi connectivity index (χ0) is 85.7. The van der Waals surface area contributed by atoms with Crippen molar-refractivity contribution in [1.29, 1.82) is 0 Å². The summed E-state index contributed by atoms with van der Waals surface area (Å²) in [6.45, 7) is 32.9. The van der Waals surface area contributed by atoms with Gasteiger partial charge in [0.1, 0.15) is 54.3 Å². The Labute approximate surface area is 703 Å². The van der Waals surface area contributed by atoms with E-state index in [0.717, 1.165) is 10.4 Å². The monoisotopic (exact) mass is 1670 g/mol. The first-order chi connectivity index (χ1) is 57.9. The smallest absolute Gasteiger partial charge is 0.261 e. The van der Waals surface area contributed by atoms with Crippen LogP contribution in [0.2, 0.25) is 5.04 Å². The van der Waals surface area contributed by atoms with E-state index in [4.69, 9.17) is 75.5 Å². The summed E-state index contributed by atoms with van der Waals surface area (Å²) in [5, 5.41) is 18.6. The van der Waals surface area contributed by atoms with Crippen molar-refractivity contribution in [2.45, 2.75) is 64.3 Å². The van der Waals surface area contributed by atoms with Gasteiger partial charge >= 0.3 is 0 Å². The Balaban J connectivity index is 1.18. The molecule has 0 aliphatic heterocycles. The third kappa shape index (κ3) is 41.0. The molecule has 0 fully saturated rings. The molecule has 5 aromatic carbocycles. The van der Waals surface area contributed by atoms with Gasteiger partial charge in [-0.15, -0.1) is 39.5 Å². The minimum atomic E-state index is -3.31. The Bertz CT molecular complexity index is 3370. The highest BCUT2D eigenvalue weighted by Gasteiger charge is 2.52. The summed E-state index contributed by atoms with van der Waals surface area (Å²) in [5.41, 5.74) is -0.148. The lowest BCUT2D eigenvalue weighted by molar-refractivity contribution is -0.138. The zero-order valence-electron chi connectivity index (χ0n) is 69.8. The third-order valence-corrected chi connectivity index (χ3v) is 22.3.